The first kappa shape index (κ1) is 39.8. The zero-order valence-electron chi connectivity index (χ0n) is 37.7. The summed E-state index contributed by atoms with van der Waals surface area (Å²) in [6, 6.07) is 90.1. The average molecular weight is 866 g/mol. The van der Waals surface area contributed by atoms with Crippen LogP contribution in [0, 0.1) is 0 Å². The van der Waals surface area contributed by atoms with Crippen molar-refractivity contribution in [1.29, 1.82) is 0 Å². The van der Waals surface area contributed by atoms with Crippen LogP contribution in [0.25, 0.3) is 72.3 Å². The van der Waals surface area contributed by atoms with Crippen molar-refractivity contribution in [2.75, 3.05) is 4.90 Å². The van der Waals surface area contributed by atoms with Crippen molar-refractivity contribution in [1.82, 2.24) is 0 Å². The van der Waals surface area contributed by atoms with Gasteiger partial charge in [-0.1, -0.05) is 206 Å². The topological polar surface area (TPSA) is 3.24 Å². The molecule has 13 rings (SSSR count). The lowest BCUT2D eigenvalue weighted by Crippen LogP contribution is -2.25. The Balaban J connectivity index is 0.997. The van der Waals surface area contributed by atoms with Gasteiger partial charge in [-0.2, -0.15) is 0 Å². The standard InChI is InChI=1S/C67H47N/c1-5-19-46(20-6-1)52-39-53(47-21-7-2-8-22-47)42-57(41-52)68(58-43-54(48-23-9-3-10-24-48)40-55(44-58)49-25-11-4-12-26-49)56-36-33-50(34-37-56)51-35-38-62-61-29-15-18-32-65(61)67(66(62)45-51)63-30-16-13-27-59(63)60-28-14-17-31-64(60)67/h1-3,5-11,13-45H,4,12H2. The molecule has 0 N–H and O–H groups in total. The molecule has 0 heterocycles. The highest BCUT2D eigenvalue weighted by atomic mass is 15.1. The lowest BCUT2D eigenvalue weighted by Gasteiger charge is -2.30. The molecule has 320 valence electrons. The predicted molar refractivity (Wildman–Crippen MR) is 286 cm³/mol. The zero-order valence-corrected chi connectivity index (χ0v) is 37.7. The van der Waals surface area contributed by atoms with Crippen LogP contribution in [0.15, 0.2) is 261 Å². The smallest absolute Gasteiger partial charge is 0.0725 e. The summed E-state index contributed by atoms with van der Waals surface area (Å²) in [6.07, 6.45) is 9.09. The van der Waals surface area contributed by atoms with Crippen LogP contribution < -0.4 is 4.90 Å². The fraction of sp³-hybridized carbons (Fsp3) is 0.0448. The minimum atomic E-state index is -0.392. The summed E-state index contributed by atoms with van der Waals surface area (Å²) in [6.45, 7) is 0. The van der Waals surface area contributed by atoms with Crippen molar-refractivity contribution in [2.24, 2.45) is 0 Å². The second-order valence-electron chi connectivity index (χ2n) is 18.3. The maximum atomic E-state index is 2.48. The van der Waals surface area contributed by atoms with Gasteiger partial charge >= 0.3 is 0 Å². The van der Waals surface area contributed by atoms with E-state index in [0.717, 1.165) is 29.9 Å². The third kappa shape index (κ3) is 6.54. The summed E-state index contributed by atoms with van der Waals surface area (Å²) in [5.74, 6) is 0. The van der Waals surface area contributed by atoms with E-state index >= 15 is 0 Å². The van der Waals surface area contributed by atoms with E-state index in [1.165, 1.54) is 100 Å². The summed E-state index contributed by atoms with van der Waals surface area (Å²) in [4.78, 5) is 2.46. The second-order valence-corrected chi connectivity index (χ2v) is 18.3. The molecular weight excluding hydrogens is 819 g/mol. The Labute approximate surface area is 399 Å². The summed E-state index contributed by atoms with van der Waals surface area (Å²) >= 11 is 0. The number of fused-ring (bicyclic) bond motifs is 10. The van der Waals surface area contributed by atoms with Crippen molar-refractivity contribution >= 4 is 22.6 Å². The molecule has 3 aliphatic rings. The number of allylic oxidation sites excluding steroid dienone is 4. The first-order valence-corrected chi connectivity index (χ1v) is 23.9. The van der Waals surface area contributed by atoms with Gasteiger partial charge < -0.3 is 4.90 Å². The number of rotatable bonds is 8. The first-order chi connectivity index (χ1) is 33.7. The van der Waals surface area contributed by atoms with Gasteiger partial charge in [0.25, 0.3) is 0 Å². The maximum Gasteiger partial charge on any atom is 0.0725 e. The molecule has 10 aromatic carbocycles. The number of anilines is 3. The van der Waals surface area contributed by atoms with Crippen LogP contribution in [0.1, 0.15) is 40.7 Å². The van der Waals surface area contributed by atoms with Crippen LogP contribution in [0.2, 0.25) is 0 Å². The Morgan fingerprint density at radius 3 is 1.18 bits per heavy atom. The van der Waals surface area contributed by atoms with E-state index in [1.807, 2.05) is 0 Å². The molecular formula is C67H47N. The molecule has 1 heteroatoms. The van der Waals surface area contributed by atoms with Crippen LogP contribution in [0.3, 0.4) is 0 Å². The van der Waals surface area contributed by atoms with E-state index in [-0.39, 0.29) is 0 Å². The van der Waals surface area contributed by atoms with Crippen molar-refractivity contribution in [3.63, 3.8) is 0 Å². The van der Waals surface area contributed by atoms with Crippen molar-refractivity contribution < 1.29 is 0 Å². The van der Waals surface area contributed by atoms with Gasteiger partial charge in [-0.25, -0.2) is 0 Å². The monoisotopic (exact) mass is 865 g/mol. The van der Waals surface area contributed by atoms with Gasteiger partial charge in [-0.15, -0.1) is 0 Å². The molecule has 1 spiro atoms. The Morgan fingerprint density at radius 2 is 0.691 bits per heavy atom. The minimum Gasteiger partial charge on any atom is -0.310 e. The molecule has 0 unspecified atom stereocenters. The van der Waals surface area contributed by atoms with Crippen LogP contribution in [-0.2, 0) is 5.41 Å². The van der Waals surface area contributed by atoms with E-state index in [4.69, 9.17) is 0 Å². The van der Waals surface area contributed by atoms with Crippen LogP contribution >= 0.6 is 0 Å². The highest BCUT2D eigenvalue weighted by molar-refractivity contribution is 5.96. The van der Waals surface area contributed by atoms with Gasteiger partial charge in [-0.05, 0) is 168 Å². The minimum absolute atomic E-state index is 0.392. The molecule has 0 fully saturated rings. The summed E-state index contributed by atoms with van der Waals surface area (Å²) in [5.41, 5.74) is 25.5. The van der Waals surface area contributed by atoms with Gasteiger partial charge in [0.05, 0.1) is 5.41 Å². The van der Waals surface area contributed by atoms with Crippen LogP contribution in [0.4, 0.5) is 17.1 Å². The molecule has 3 aliphatic carbocycles. The lowest BCUT2D eigenvalue weighted by atomic mass is 9.70. The van der Waals surface area contributed by atoms with Crippen LogP contribution in [-0.4, -0.2) is 0 Å². The summed E-state index contributed by atoms with van der Waals surface area (Å²) in [5, 5.41) is 0. The van der Waals surface area contributed by atoms with E-state index in [0.29, 0.717) is 0 Å². The average Bonchev–Trinajstić information content (AvgIpc) is 3.89. The Bertz CT molecular complexity index is 3480. The van der Waals surface area contributed by atoms with E-state index in [1.54, 1.807) is 0 Å². The van der Waals surface area contributed by atoms with Gasteiger partial charge in [-0.3, -0.25) is 0 Å². The highest BCUT2D eigenvalue weighted by Gasteiger charge is 2.51. The number of nitrogens with zero attached hydrogens (tertiary/aromatic N) is 1. The van der Waals surface area contributed by atoms with E-state index in [9.17, 15) is 0 Å². The number of hydrogen-bond acceptors (Lipinski definition) is 1. The first-order valence-electron chi connectivity index (χ1n) is 23.9. The maximum absolute atomic E-state index is 2.48. The van der Waals surface area contributed by atoms with Crippen molar-refractivity contribution in [3.05, 3.63) is 289 Å². The van der Waals surface area contributed by atoms with Gasteiger partial charge in [0.15, 0.2) is 0 Å². The molecule has 0 bridgehead atoms. The van der Waals surface area contributed by atoms with Crippen molar-refractivity contribution in [3.8, 4) is 66.8 Å². The quantitative estimate of drug-likeness (QED) is 0.147. The molecule has 0 amide bonds. The Hall–Kier alpha value is -8.52. The van der Waals surface area contributed by atoms with E-state index < -0.39 is 5.41 Å². The predicted octanol–water partition coefficient (Wildman–Crippen LogP) is 17.9. The van der Waals surface area contributed by atoms with Gasteiger partial charge in [0.1, 0.15) is 0 Å². The SMILES string of the molecule is C1=CC(c2cc(-c3ccccc3)cc(N(c3ccc(-c4ccc5c(c4)C4(c6ccccc6-c6ccccc64)c4ccccc4-5)cc3)c3cc(-c4ccccc4)cc(-c4ccccc4)c3)c2)=CCC1. The summed E-state index contributed by atoms with van der Waals surface area (Å²) in [7, 11) is 0. The fourth-order valence-corrected chi connectivity index (χ4v) is 11.4. The normalized spacial score (nSPS) is 13.6. The zero-order chi connectivity index (χ0) is 45.0. The van der Waals surface area contributed by atoms with E-state index in [2.05, 4.69) is 266 Å². The Kier molecular flexibility index (Phi) is 9.61. The number of hydrogen-bond donors (Lipinski definition) is 0. The second kappa shape index (κ2) is 16.4. The summed E-state index contributed by atoms with van der Waals surface area (Å²) < 4.78 is 0. The molecule has 0 aromatic heterocycles. The highest BCUT2D eigenvalue weighted by Crippen LogP contribution is 2.63. The third-order valence-electron chi connectivity index (χ3n) is 14.5. The molecule has 68 heavy (non-hydrogen) atoms. The largest absolute Gasteiger partial charge is 0.310 e. The molecule has 10 aromatic rings. The molecule has 0 saturated carbocycles. The number of benzene rings is 10. The molecule has 0 radical (unpaired) electrons. The fourth-order valence-electron chi connectivity index (χ4n) is 11.4. The van der Waals surface area contributed by atoms with Gasteiger partial charge in [0, 0.05) is 17.1 Å². The third-order valence-corrected chi connectivity index (χ3v) is 14.5. The molecule has 0 aliphatic heterocycles. The van der Waals surface area contributed by atoms with Crippen molar-refractivity contribution in [2.45, 2.75) is 18.3 Å². The van der Waals surface area contributed by atoms with Gasteiger partial charge in [0.2, 0.25) is 0 Å². The molecule has 0 saturated heterocycles. The molecule has 1 nitrogen and oxygen atoms in total. The van der Waals surface area contributed by atoms with Crippen LogP contribution in [0.5, 0.6) is 0 Å². The Morgan fingerprint density at radius 1 is 0.279 bits per heavy atom. The lowest BCUT2D eigenvalue weighted by molar-refractivity contribution is 0.794. The molecule has 0 atom stereocenters.